The molecule has 0 aliphatic rings. The van der Waals surface area contributed by atoms with E-state index < -0.39 is 0 Å². The molecule has 55 heavy (non-hydrogen) atoms. The lowest BCUT2D eigenvalue weighted by Gasteiger charge is -1.95. The van der Waals surface area contributed by atoms with Crippen molar-refractivity contribution in [2.24, 2.45) is 11.8 Å². The molecule has 0 spiro atoms. The fraction of sp³-hybridized carbons (Fsp3) is 0.574. The second kappa shape index (κ2) is 51.9. The summed E-state index contributed by atoms with van der Waals surface area (Å²) in [7, 11) is 0. The summed E-state index contributed by atoms with van der Waals surface area (Å²) in [4.78, 5) is 80.0. The number of aldehydes is 3. The summed E-state index contributed by atoms with van der Waals surface area (Å²) >= 11 is 0. The first kappa shape index (κ1) is 62.8. The van der Waals surface area contributed by atoms with E-state index in [0.29, 0.717) is 30.5 Å². The van der Waals surface area contributed by atoms with Crippen LogP contribution in [-0.4, -0.2) is 47.8 Å². The van der Waals surface area contributed by atoms with Gasteiger partial charge in [-0.1, -0.05) is 122 Å². The zero-order valence-corrected chi connectivity index (χ0v) is 36.9. The normalized spacial score (nSPS) is 8.78. The van der Waals surface area contributed by atoms with Crippen LogP contribution in [0.1, 0.15) is 177 Å². The van der Waals surface area contributed by atoms with Crippen LogP contribution in [0.5, 0.6) is 0 Å². The molecule has 0 saturated carbocycles. The summed E-state index contributed by atoms with van der Waals surface area (Å²) in [5, 5.41) is 0. The molecular weight excluding hydrogens is 693 g/mol. The van der Waals surface area contributed by atoms with Gasteiger partial charge < -0.3 is 28.8 Å². The number of carbonyl (C=O) groups is 8. The summed E-state index contributed by atoms with van der Waals surface area (Å²) in [6.45, 7) is 24.1. The Morgan fingerprint density at radius 3 is 1.18 bits per heavy atom. The van der Waals surface area contributed by atoms with Crippen molar-refractivity contribution in [2.75, 3.05) is 0 Å². The van der Waals surface area contributed by atoms with E-state index in [0.717, 1.165) is 94.2 Å². The van der Waals surface area contributed by atoms with Gasteiger partial charge in [0.1, 0.15) is 42.0 Å². The van der Waals surface area contributed by atoms with E-state index >= 15 is 0 Å². The molecule has 0 radical (unpaired) electrons. The number of hydrogen-bond donors (Lipinski definition) is 0. The van der Waals surface area contributed by atoms with E-state index in [9.17, 15) is 38.4 Å². The molecule has 0 saturated heterocycles. The van der Waals surface area contributed by atoms with E-state index in [2.05, 4.69) is 20.8 Å². The van der Waals surface area contributed by atoms with Gasteiger partial charge in [-0.2, -0.15) is 0 Å². The van der Waals surface area contributed by atoms with Crippen LogP contribution in [0.25, 0.3) is 0 Å². The number of ketones is 5. The van der Waals surface area contributed by atoms with E-state index in [4.69, 9.17) is 0 Å². The van der Waals surface area contributed by atoms with Gasteiger partial charge in [0.2, 0.25) is 0 Å². The highest BCUT2D eigenvalue weighted by Gasteiger charge is 1.96. The molecule has 8 heteroatoms. The van der Waals surface area contributed by atoms with Gasteiger partial charge in [-0.05, 0) is 77.7 Å². The van der Waals surface area contributed by atoms with Crippen molar-refractivity contribution in [2.45, 2.75) is 167 Å². The van der Waals surface area contributed by atoms with Gasteiger partial charge in [0.25, 0.3) is 0 Å². The van der Waals surface area contributed by atoms with E-state index in [1.807, 2.05) is 95.3 Å². The molecule has 0 aliphatic carbocycles. The summed E-state index contributed by atoms with van der Waals surface area (Å²) in [6.07, 6.45) is 13.0. The summed E-state index contributed by atoms with van der Waals surface area (Å²) in [6, 6.07) is 18.9. The van der Waals surface area contributed by atoms with Gasteiger partial charge in [-0.25, -0.2) is 0 Å². The quantitative estimate of drug-likeness (QED) is 0.0934. The van der Waals surface area contributed by atoms with Gasteiger partial charge in [-0.3, -0.25) is 9.59 Å². The highest BCUT2D eigenvalue weighted by Crippen LogP contribution is 2.00. The molecule has 0 bridgehead atoms. The number of benzene rings is 2. The zero-order valence-electron chi connectivity index (χ0n) is 36.9. The van der Waals surface area contributed by atoms with Crippen molar-refractivity contribution in [1.29, 1.82) is 0 Å². The Hall–Kier alpha value is -4.20. The Kier molecular flexibility index (Phi) is 59.2. The van der Waals surface area contributed by atoms with E-state index in [1.54, 1.807) is 20.8 Å². The van der Waals surface area contributed by atoms with Crippen molar-refractivity contribution >= 4 is 47.8 Å². The molecule has 0 aliphatic heterocycles. The maximum atomic E-state index is 10.6. The predicted octanol–water partition coefficient (Wildman–Crippen LogP) is 11.7. The van der Waals surface area contributed by atoms with Crippen molar-refractivity contribution in [3.8, 4) is 0 Å². The van der Waals surface area contributed by atoms with Crippen LogP contribution in [0.2, 0.25) is 0 Å². The Morgan fingerprint density at radius 2 is 0.982 bits per heavy atom. The van der Waals surface area contributed by atoms with Crippen molar-refractivity contribution < 1.29 is 38.4 Å². The minimum atomic E-state index is 0.121. The van der Waals surface area contributed by atoms with Crippen molar-refractivity contribution in [3.63, 3.8) is 0 Å². The van der Waals surface area contributed by atoms with Crippen LogP contribution >= 0.6 is 0 Å². The second-order valence-electron chi connectivity index (χ2n) is 13.5. The van der Waals surface area contributed by atoms with Gasteiger partial charge in [-0.15, -0.1) is 0 Å². The summed E-state index contributed by atoms with van der Waals surface area (Å²) < 4.78 is 0. The Labute approximate surface area is 336 Å². The number of rotatable bonds is 16. The molecule has 2 aromatic carbocycles. The summed E-state index contributed by atoms with van der Waals surface area (Å²) in [5.41, 5.74) is 1.85. The minimum Gasteiger partial charge on any atom is -0.303 e. The lowest BCUT2D eigenvalue weighted by molar-refractivity contribution is -0.119. The average Bonchev–Trinajstić information content (AvgIpc) is 3.12. The first-order valence-electron chi connectivity index (χ1n) is 19.7. The monoisotopic (exact) mass is 771 g/mol. The lowest BCUT2D eigenvalue weighted by atomic mass is 10.1. The number of hydrogen-bond acceptors (Lipinski definition) is 8. The fourth-order valence-corrected chi connectivity index (χ4v) is 3.33. The SMILES string of the molecule is CC(=O)CC(C)C.CC(=O)c1ccccc1.CC(C)=O.CC(C)CCC=O.CCC(C)=O.CCCC(=O)CCC.CCCCC=O.O=CCc1ccccc1. The third-order valence-corrected chi connectivity index (χ3v) is 6.13. The molecule has 2 rings (SSSR count). The standard InChI is InChI=1S/2C8H8O.C7H14O.2C6H12O.C5H10O.C4H8O.C3H6O/c1-7(9)8-5-3-2-4-6-8;9-7-6-8-4-2-1-3-5-8;1-3-5-7(8)6-4-2;1-5(2)4-6(3)7;1-6(2)4-3-5-7;1-2-3-4-5-6;1-3-4(2)5;1-3(2)4/h2-6H,1H3;1-5,7H,6H2;3-6H2,1-2H3;5H,4H2,1-3H3;5-6H,3-4H2,1-2H3;5H,2-4H2,1H3;3H2,1-2H3;1-2H3. The van der Waals surface area contributed by atoms with Crippen molar-refractivity contribution in [3.05, 3.63) is 71.8 Å². The molecule has 0 fully saturated rings. The molecule has 0 amide bonds. The van der Waals surface area contributed by atoms with Crippen molar-refractivity contribution in [1.82, 2.24) is 0 Å². The molecule has 0 atom stereocenters. The van der Waals surface area contributed by atoms with Gasteiger partial charge in [0, 0.05) is 50.5 Å². The third-order valence-electron chi connectivity index (χ3n) is 6.13. The average molecular weight is 771 g/mol. The lowest BCUT2D eigenvalue weighted by Crippen LogP contribution is -1.95. The number of carbonyl (C=O) groups excluding carboxylic acids is 8. The molecule has 0 unspecified atom stereocenters. The maximum absolute atomic E-state index is 10.6. The third kappa shape index (κ3) is 79.6. The van der Waals surface area contributed by atoms with Gasteiger partial charge in [0.15, 0.2) is 5.78 Å². The molecule has 2 aromatic rings. The fourth-order valence-electron chi connectivity index (χ4n) is 3.33. The molecule has 0 N–H and O–H groups in total. The maximum Gasteiger partial charge on any atom is 0.159 e. The smallest absolute Gasteiger partial charge is 0.159 e. The summed E-state index contributed by atoms with van der Waals surface area (Å²) in [5.74, 6) is 2.44. The molecule has 0 aromatic heterocycles. The van der Waals surface area contributed by atoms with Crippen LogP contribution in [0.15, 0.2) is 60.7 Å². The van der Waals surface area contributed by atoms with Crippen LogP contribution < -0.4 is 0 Å². The first-order valence-corrected chi connectivity index (χ1v) is 19.7. The zero-order chi connectivity index (χ0) is 43.9. The Bertz CT molecular complexity index is 1170. The number of Topliss-reactive ketones (excluding diaryl/α,β-unsaturated/α-hetero) is 5. The Balaban J connectivity index is -0.000000126. The largest absolute Gasteiger partial charge is 0.303 e. The van der Waals surface area contributed by atoms with Crippen LogP contribution in [0, 0.1) is 11.8 Å². The van der Waals surface area contributed by atoms with Crippen LogP contribution in [0.3, 0.4) is 0 Å². The van der Waals surface area contributed by atoms with E-state index in [1.165, 1.54) is 13.8 Å². The molecule has 314 valence electrons. The van der Waals surface area contributed by atoms with Gasteiger partial charge in [0.05, 0.1) is 0 Å². The molecule has 8 nitrogen and oxygen atoms in total. The molecule has 0 heterocycles. The van der Waals surface area contributed by atoms with Crippen LogP contribution in [0.4, 0.5) is 0 Å². The van der Waals surface area contributed by atoms with E-state index in [-0.39, 0.29) is 23.1 Å². The minimum absolute atomic E-state index is 0.121. The predicted molar refractivity (Wildman–Crippen MR) is 231 cm³/mol. The highest BCUT2D eigenvalue weighted by molar-refractivity contribution is 5.93. The number of unbranched alkanes of at least 4 members (excludes halogenated alkanes) is 2. The van der Waals surface area contributed by atoms with Gasteiger partial charge >= 0.3 is 0 Å². The second-order valence-corrected chi connectivity index (χ2v) is 13.5. The first-order chi connectivity index (χ1) is 25.9. The molecular formula is C47H78O8. The Morgan fingerprint density at radius 1 is 0.564 bits per heavy atom. The van der Waals surface area contributed by atoms with Crippen LogP contribution in [-0.2, 0) is 40.0 Å². The highest BCUT2D eigenvalue weighted by atomic mass is 16.1. The topological polar surface area (TPSA) is 137 Å².